The minimum Gasteiger partial charge on any atom is -0.478 e. The Morgan fingerprint density at radius 3 is 2.47 bits per heavy atom. The van der Waals surface area contributed by atoms with E-state index in [0.29, 0.717) is 28.5 Å². The van der Waals surface area contributed by atoms with Gasteiger partial charge in [-0.05, 0) is 90.5 Å². The maximum atomic E-state index is 14.3. The van der Waals surface area contributed by atoms with Gasteiger partial charge >= 0.3 is 5.97 Å². The second-order valence-electron chi connectivity index (χ2n) is 11.5. The van der Waals surface area contributed by atoms with Gasteiger partial charge in [0.05, 0.1) is 11.3 Å². The number of nitrogens with one attached hydrogen (secondary N) is 1. The number of carboxylic acids is 1. The Bertz CT molecular complexity index is 1690. The summed E-state index contributed by atoms with van der Waals surface area (Å²) in [7, 11) is 0. The van der Waals surface area contributed by atoms with Gasteiger partial charge in [0.1, 0.15) is 12.4 Å². The van der Waals surface area contributed by atoms with Crippen molar-refractivity contribution in [1.82, 2.24) is 30.0 Å². The predicted octanol–water partition coefficient (Wildman–Crippen LogP) is 4.09. The third kappa shape index (κ3) is 8.67. The second-order valence-corrected chi connectivity index (χ2v) is 12.0. The number of carbonyl (C=O) groups is 3. The number of aromatic carboxylic acids is 1. The lowest BCUT2D eigenvalue weighted by atomic mass is 9.91. The minimum atomic E-state index is -1.07. The summed E-state index contributed by atoms with van der Waals surface area (Å²) in [5.41, 5.74) is 8.77. The molecule has 2 amide bonds. The van der Waals surface area contributed by atoms with Crippen LogP contribution in [0.3, 0.4) is 0 Å². The number of carboxylic acid groups (broad SMARTS) is 1. The number of benzene rings is 3. The highest BCUT2D eigenvalue weighted by Gasteiger charge is 2.35. The standard InChI is InChI=1S/C34H37ClN8O4/c1-23(24-5-3-2-4-6-24)32(33(45)38-29-11-7-25(8-12-29)34(46)47)42(20-19-41-17-15-28(36)16-18-41)31(44)14-9-26-21-27(35)10-13-30(26)43-22-37-39-40-43/h2-14,21-23,28,32H,15-20,36H2,1H3,(H,38,45)(H,46,47). The number of anilines is 1. The van der Waals surface area contributed by atoms with Gasteiger partial charge in [0.2, 0.25) is 11.8 Å². The fraction of sp³-hybridized carbons (Fsp3) is 0.294. The molecule has 0 aliphatic carbocycles. The summed E-state index contributed by atoms with van der Waals surface area (Å²) in [5, 5.41) is 24.1. The number of piperidine rings is 1. The van der Waals surface area contributed by atoms with E-state index in [4.69, 9.17) is 17.3 Å². The molecule has 2 atom stereocenters. The van der Waals surface area contributed by atoms with Crippen LogP contribution in [0.2, 0.25) is 5.02 Å². The summed E-state index contributed by atoms with van der Waals surface area (Å²) in [6.45, 7) is 4.36. The summed E-state index contributed by atoms with van der Waals surface area (Å²) in [6, 6.07) is 19.9. The van der Waals surface area contributed by atoms with Crippen molar-refractivity contribution in [2.75, 3.05) is 31.5 Å². The molecular formula is C34H37ClN8O4. The minimum absolute atomic E-state index is 0.0995. The van der Waals surface area contributed by atoms with Crippen LogP contribution in [-0.4, -0.2) is 91.2 Å². The van der Waals surface area contributed by atoms with Gasteiger partial charge in [-0.2, -0.15) is 4.68 Å². The summed E-state index contributed by atoms with van der Waals surface area (Å²) >= 11 is 6.32. The van der Waals surface area contributed by atoms with Crippen LogP contribution in [0, 0.1) is 0 Å². The van der Waals surface area contributed by atoms with Crippen molar-refractivity contribution < 1.29 is 19.5 Å². The average Bonchev–Trinajstić information content (AvgIpc) is 3.61. The summed E-state index contributed by atoms with van der Waals surface area (Å²) < 4.78 is 1.47. The highest BCUT2D eigenvalue weighted by Crippen LogP contribution is 2.27. The fourth-order valence-electron chi connectivity index (χ4n) is 5.70. The SMILES string of the molecule is CC(c1ccccc1)C(C(=O)Nc1ccc(C(=O)O)cc1)N(CCN1CCC(N)CC1)C(=O)C=Cc1cc(Cl)ccc1-n1cnnn1. The molecule has 13 heteroatoms. The molecule has 4 N–H and O–H groups in total. The van der Waals surface area contributed by atoms with Crippen molar-refractivity contribution in [3.63, 3.8) is 0 Å². The van der Waals surface area contributed by atoms with Gasteiger partial charge in [-0.15, -0.1) is 5.10 Å². The number of amides is 2. The molecular weight excluding hydrogens is 620 g/mol. The summed E-state index contributed by atoms with van der Waals surface area (Å²) in [5.74, 6) is -2.23. The molecule has 2 heterocycles. The van der Waals surface area contributed by atoms with Gasteiger partial charge < -0.3 is 26.0 Å². The van der Waals surface area contributed by atoms with Crippen LogP contribution < -0.4 is 11.1 Å². The van der Waals surface area contributed by atoms with Crippen molar-refractivity contribution in [1.29, 1.82) is 0 Å². The number of nitrogens with two attached hydrogens (primary N) is 1. The Hall–Kier alpha value is -4.91. The van der Waals surface area contributed by atoms with E-state index in [1.54, 1.807) is 29.2 Å². The highest BCUT2D eigenvalue weighted by molar-refractivity contribution is 6.30. The number of hydrogen-bond acceptors (Lipinski definition) is 8. The zero-order valence-electron chi connectivity index (χ0n) is 25.9. The van der Waals surface area contributed by atoms with Crippen molar-refractivity contribution in [2.24, 2.45) is 5.73 Å². The molecule has 12 nitrogen and oxygen atoms in total. The van der Waals surface area contributed by atoms with E-state index in [1.807, 2.05) is 37.3 Å². The lowest BCUT2D eigenvalue weighted by Crippen LogP contribution is -2.52. The molecule has 1 aliphatic heterocycles. The fourth-order valence-corrected chi connectivity index (χ4v) is 5.88. The van der Waals surface area contributed by atoms with Crippen molar-refractivity contribution in [3.05, 3.63) is 107 Å². The van der Waals surface area contributed by atoms with E-state index in [2.05, 4.69) is 25.7 Å². The van der Waals surface area contributed by atoms with Crippen LogP contribution in [0.1, 0.15) is 47.2 Å². The Kier molecular flexibility index (Phi) is 11.1. The number of aromatic nitrogens is 4. The number of tetrazole rings is 1. The largest absolute Gasteiger partial charge is 0.478 e. The number of hydrogen-bond donors (Lipinski definition) is 3. The number of carbonyl (C=O) groups excluding carboxylic acids is 2. The maximum Gasteiger partial charge on any atom is 0.335 e. The first-order valence-electron chi connectivity index (χ1n) is 15.4. The zero-order valence-corrected chi connectivity index (χ0v) is 26.7. The lowest BCUT2D eigenvalue weighted by molar-refractivity contribution is -0.135. The van der Waals surface area contributed by atoms with Crippen LogP contribution in [0.25, 0.3) is 11.8 Å². The van der Waals surface area contributed by atoms with Gasteiger partial charge in [-0.3, -0.25) is 9.59 Å². The third-order valence-corrected chi connectivity index (χ3v) is 8.60. The van der Waals surface area contributed by atoms with E-state index < -0.39 is 23.8 Å². The van der Waals surface area contributed by atoms with Crippen LogP contribution >= 0.6 is 11.6 Å². The molecule has 1 aromatic heterocycles. The van der Waals surface area contributed by atoms with Gasteiger partial charge in [-0.1, -0.05) is 48.9 Å². The van der Waals surface area contributed by atoms with Crippen molar-refractivity contribution in [2.45, 2.75) is 37.8 Å². The molecule has 5 rings (SSSR count). The molecule has 4 aromatic rings. The molecule has 2 unspecified atom stereocenters. The molecule has 0 radical (unpaired) electrons. The molecule has 0 spiro atoms. The smallest absolute Gasteiger partial charge is 0.335 e. The number of rotatable bonds is 12. The first-order valence-corrected chi connectivity index (χ1v) is 15.8. The molecule has 1 fully saturated rings. The van der Waals surface area contributed by atoms with E-state index in [9.17, 15) is 19.5 Å². The number of nitrogens with zero attached hydrogens (tertiary/aromatic N) is 6. The number of likely N-dealkylation sites (tertiary alicyclic amines) is 1. The molecule has 244 valence electrons. The van der Waals surface area contributed by atoms with E-state index in [-0.39, 0.29) is 24.1 Å². The Morgan fingerprint density at radius 2 is 1.81 bits per heavy atom. The lowest BCUT2D eigenvalue weighted by Gasteiger charge is -2.37. The summed E-state index contributed by atoms with van der Waals surface area (Å²) in [4.78, 5) is 43.7. The van der Waals surface area contributed by atoms with E-state index >= 15 is 0 Å². The molecule has 1 aliphatic rings. The Labute approximate surface area is 277 Å². The molecule has 3 aromatic carbocycles. The second kappa shape index (κ2) is 15.6. The van der Waals surface area contributed by atoms with Crippen LogP contribution in [-0.2, 0) is 9.59 Å². The molecule has 0 saturated carbocycles. The number of halogens is 1. The van der Waals surface area contributed by atoms with Crippen LogP contribution in [0.4, 0.5) is 5.69 Å². The molecule has 0 bridgehead atoms. The monoisotopic (exact) mass is 656 g/mol. The summed E-state index contributed by atoms with van der Waals surface area (Å²) in [6.07, 6.45) is 6.25. The third-order valence-electron chi connectivity index (χ3n) is 8.37. The predicted molar refractivity (Wildman–Crippen MR) is 179 cm³/mol. The van der Waals surface area contributed by atoms with Gasteiger partial charge in [0.25, 0.3) is 0 Å². The Morgan fingerprint density at radius 1 is 1.09 bits per heavy atom. The van der Waals surface area contributed by atoms with Gasteiger partial charge in [0, 0.05) is 47.4 Å². The van der Waals surface area contributed by atoms with Crippen LogP contribution in [0.15, 0.2) is 85.2 Å². The van der Waals surface area contributed by atoms with Crippen molar-refractivity contribution >= 4 is 41.1 Å². The first-order chi connectivity index (χ1) is 22.7. The zero-order chi connectivity index (χ0) is 33.3. The Balaban J connectivity index is 1.49. The van der Waals surface area contributed by atoms with Crippen molar-refractivity contribution in [3.8, 4) is 5.69 Å². The molecule has 1 saturated heterocycles. The van der Waals surface area contributed by atoms with Gasteiger partial charge in [-0.25, -0.2) is 4.79 Å². The van der Waals surface area contributed by atoms with E-state index in [1.165, 1.54) is 41.4 Å². The normalized spacial score (nSPS) is 15.3. The van der Waals surface area contributed by atoms with Gasteiger partial charge in [0.15, 0.2) is 0 Å². The van der Waals surface area contributed by atoms with Crippen LogP contribution in [0.5, 0.6) is 0 Å². The quantitative estimate of drug-likeness (QED) is 0.191. The van der Waals surface area contributed by atoms with E-state index in [0.717, 1.165) is 31.5 Å². The molecule has 47 heavy (non-hydrogen) atoms. The first kappa shape index (κ1) is 33.5. The average molecular weight is 657 g/mol. The maximum absolute atomic E-state index is 14.3. The highest BCUT2D eigenvalue weighted by atomic mass is 35.5. The topological polar surface area (TPSA) is 160 Å².